The molecule has 1 aliphatic heterocycles. The number of rotatable bonds is 7. The van der Waals surface area contributed by atoms with Gasteiger partial charge in [0.15, 0.2) is 11.5 Å². The quantitative estimate of drug-likeness (QED) is 0.200. The van der Waals surface area contributed by atoms with Crippen LogP contribution >= 0.6 is 0 Å². The number of carbonyl (C=O) groups is 2. The molecule has 2 saturated carbocycles. The molecule has 2 bridgehead atoms. The van der Waals surface area contributed by atoms with Gasteiger partial charge in [0.25, 0.3) is 17.5 Å². The Labute approximate surface area is 201 Å². The van der Waals surface area contributed by atoms with Gasteiger partial charge in [-0.1, -0.05) is 12.2 Å². The van der Waals surface area contributed by atoms with Gasteiger partial charge in [0.2, 0.25) is 0 Å². The summed E-state index contributed by atoms with van der Waals surface area (Å²) in [6.45, 7) is 0.208. The molecule has 5 aliphatic rings. The molecule has 2 aromatic carbocycles. The molecular weight excluding hydrogens is 450 g/mol. The van der Waals surface area contributed by atoms with Crippen LogP contribution in [0, 0.1) is 45.6 Å². The van der Waals surface area contributed by atoms with Crippen LogP contribution in [-0.2, 0) is 16.2 Å². The van der Waals surface area contributed by atoms with Crippen molar-refractivity contribution in [1.82, 2.24) is 5.01 Å². The standard InChI is InChI=1S/C26H23N3O6/c1-34-22-10-15(4-9-21(22)35-13-14-2-5-16(6-3-14)29(32)33)12-27-28-25(30)23-17-7-8-18(20-11-19(17)20)24(23)26(28)31/h2-10,12,17-20,23-24H,11,13H2,1H3/b27-12-/t17-,18-,19-,20+,23+,24-/m1/s1. The van der Waals surface area contributed by atoms with Gasteiger partial charge < -0.3 is 9.47 Å². The lowest BCUT2D eigenvalue weighted by molar-refractivity contribution is -0.384. The molecule has 1 saturated heterocycles. The normalized spacial score (nSPS) is 29.9. The summed E-state index contributed by atoms with van der Waals surface area (Å²) in [5.74, 6) is 1.44. The van der Waals surface area contributed by atoms with Crippen molar-refractivity contribution in [3.8, 4) is 11.5 Å². The highest BCUT2D eigenvalue weighted by Gasteiger charge is 2.67. The third-order valence-corrected chi connectivity index (χ3v) is 7.69. The number of allylic oxidation sites excluding steroid dienone is 2. The molecule has 3 fully saturated rings. The van der Waals surface area contributed by atoms with Crippen molar-refractivity contribution in [2.75, 3.05) is 7.11 Å². The van der Waals surface area contributed by atoms with Gasteiger partial charge >= 0.3 is 0 Å². The smallest absolute Gasteiger partial charge is 0.269 e. The van der Waals surface area contributed by atoms with E-state index in [1.807, 2.05) is 0 Å². The lowest BCUT2D eigenvalue weighted by Crippen LogP contribution is -2.40. The zero-order valence-electron chi connectivity index (χ0n) is 18.9. The Hall–Kier alpha value is -4.01. The summed E-state index contributed by atoms with van der Waals surface area (Å²) in [6.07, 6.45) is 6.89. The van der Waals surface area contributed by atoms with Gasteiger partial charge in [0, 0.05) is 12.1 Å². The van der Waals surface area contributed by atoms with Gasteiger partial charge in [0.1, 0.15) is 6.61 Å². The molecule has 0 spiro atoms. The Kier molecular flexibility index (Phi) is 4.94. The highest BCUT2D eigenvalue weighted by molar-refractivity contribution is 6.06. The van der Waals surface area contributed by atoms with E-state index < -0.39 is 4.92 Å². The second-order valence-corrected chi connectivity index (χ2v) is 9.51. The maximum atomic E-state index is 13.1. The highest BCUT2D eigenvalue weighted by atomic mass is 16.6. The van der Waals surface area contributed by atoms with Crippen LogP contribution in [0.1, 0.15) is 17.5 Å². The fourth-order valence-electron chi connectivity index (χ4n) is 5.94. The zero-order chi connectivity index (χ0) is 24.3. The summed E-state index contributed by atoms with van der Waals surface area (Å²) in [5.41, 5.74) is 1.45. The molecule has 4 aliphatic carbocycles. The summed E-state index contributed by atoms with van der Waals surface area (Å²) < 4.78 is 11.3. The van der Waals surface area contributed by atoms with E-state index in [1.165, 1.54) is 25.5 Å². The van der Waals surface area contributed by atoms with E-state index in [9.17, 15) is 19.7 Å². The molecule has 7 rings (SSSR count). The Morgan fingerprint density at radius 3 is 2.29 bits per heavy atom. The third-order valence-electron chi connectivity index (χ3n) is 7.69. The number of nitro benzene ring substituents is 1. The first kappa shape index (κ1) is 21.5. The van der Waals surface area contributed by atoms with Crippen LogP contribution in [-0.4, -0.2) is 35.1 Å². The number of non-ortho nitro benzene ring substituents is 1. The van der Waals surface area contributed by atoms with Gasteiger partial charge in [-0.15, -0.1) is 0 Å². The fourth-order valence-corrected chi connectivity index (χ4v) is 5.94. The van der Waals surface area contributed by atoms with Crippen molar-refractivity contribution in [2.45, 2.75) is 13.0 Å². The number of benzene rings is 2. The largest absolute Gasteiger partial charge is 0.493 e. The molecule has 1 heterocycles. The number of amides is 2. The fraction of sp³-hybridized carbons (Fsp3) is 0.346. The second kappa shape index (κ2) is 8.04. The molecule has 35 heavy (non-hydrogen) atoms. The van der Waals surface area contributed by atoms with Crippen LogP contribution < -0.4 is 9.47 Å². The minimum absolute atomic E-state index is 0.0184. The van der Waals surface area contributed by atoms with E-state index in [4.69, 9.17) is 9.47 Å². The summed E-state index contributed by atoms with van der Waals surface area (Å²) in [4.78, 5) is 36.5. The summed E-state index contributed by atoms with van der Waals surface area (Å²) >= 11 is 0. The Balaban J connectivity index is 1.15. The van der Waals surface area contributed by atoms with Gasteiger partial charge in [-0.3, -0.25) is 19.7 Å². The minimum atomic E-state index is -0.450. The minimum Gasteiger partial charge on any atom is -0.493 e. The molecule has 2 aromatic rings. The Morgan fingerprint density at radius 2 is 1.69 bits per heavy atom. The van der Waals surface area contributed by atoms with Crippen molar-refractivity contribution in [1.29, 1.82) is 0 Å². The van der Waals surface area contributed by atoms with Gasteiger partial charge in [-0.05, 0) is 71.6 Å². The maximum absolute atomic E-state index is 13.1. The molecule has 6 atom stereocenters. The predicted octanol–water partition coefficient (Wildman–Crippen LogP) is 3.57. The number of ether oxygens (including phenoxy) is 2. The first-order chi connectivity index (χ1) is 17.0. The van der Waals surface area contributed by atoms with Crippen LogP contribution in [0.3, 0.4) is 0 Å². The van der Waals surface area contributed by atoms with E-state index in [0.717, 1.165) is 17.0 Å². The number of nitro groups is 1. The zero-order valence-corrected chi connectivity index (χ0v) is 18.9. The number of hydrogen-bond donors (Lipinski definition) is 0. The van der Waals surface area contributed by atoms with E-state index in [-0.39, 0.29) is 47.8 Å². The molecule has 0 radical (unpaired) electrons. The predicted molar refractivity (Wildman–Crippen MR) is 125 cm³/mol. The molecule has 178 valence electrons. The van der Waals surface area contributed by atoms with Crippen molar-refractivity contribution >= 4 is 23.7 Å². The summed E-state index contributed by atoms with van der Waals surface area (Å²) in [6, 6.07) is 11.3. The summed E-state index contributed by atoms with van der Waals surface area (Å²) in [7, 11) is 1.52. The van der Waals surface area contributed by atoms with E-state index in [0.29, 0.717) is 28.9 Å². The van der Waals surface area contributed by atoms with Crippen LogP contribution in [0.25, 0.3) is 0 Å². The molecule has 0 N–H and O–H groups in total. The van der Waals surface area contributed by atoms with Crippen LogP contribution in [0.5, 0.6) is 11.5 Å². The summed E-state index contributed by atoms with van der Waals surface area (Å²) in [5, 5.41) is 16.1. The number of carbonyl (C=O) groups excluding carboxylic acids is 2. The average molecular weight is 473 g/mol. The number of nitrogens with zero attached hydrogens (tertiary/aromatic N) is 3. The van der Waals surface area contributed by atoms with E-state index >= 15 is 0 Å². The number of hydrogen-bond acceptors (Lipinski definition) is 7. The third kappa shape index (κ3) is 3.50. The van der Waals surface area contributed by atoms with Crippen molar-refractivity contribution in [3.05, 3.63) is 75.9 Å². The number of methoxy groups -OCH3 is 1. The van der Waals surface area contributed by atoms with Gasteiger partial charge in [-0.25, -0.2) is 0 Å². The van der Waals surface area contributed by atoms with E-state index in [1.54, 1.807) is 30.3 Å². The molecule has 0 aromatic heterocycles. The first-order valence-corrected chi connectivity index (χ1v) is 11.6. The first-order valence-electron chi connectivity index (χ1n) is 11.6. The SMILES string of the molecule is COc1cc(/C=N\N2C(=O)[C@@H]3[C@@H]4C=C[C@H]([C@H]5C[C@@H]45)[C@@H]3C2=O)ccc1OCc1ccc([N+](=O)[O-])cc1. The van der Waals surface area contributed by atoms with E-state index in [2.05, 4.69) is 17.3 Å². The number of hydrazone groups is 1. The topological polar surface area (TPSA) is 111 Å². The molecule has 9 heteroatoms. The molecule has 2 amide bonds. The lowest BCUT2D eigenvalue weighted by atomic mass is 9.63. The molecular formula is C26H23N3O6. The van der Waals surface area contributed by atoms with Crippen LogP contribution in [0.4, 0.5) is 5.69 Å². The lowest BCUT2D eigenvalue weighted by Gasteiger charge is -2.37. The van der Waals surface area contributed by atoms with Crippen molar-refractivity contribution < 1.29 is 24.0 Å². The van der Waals surface area contributed by atoms with Crippen molar-refractivity contribution in [2.24, 2.45) is 40.6 Å². The second-order valence-electron chi connectivity index (χ2n) is 9.51. The molecule has 0 unspecified atom stereocenters. The maximum Gasteiger partial charge on any atom is 0.269 e. The van der Waals surface area contributed by atoms with Gasteiger partial charge in [-0.2, -0.15) is 10.1 Å². The van der Waals surface area contributed by atoms with Crippen LogP contribution in [0.2, 0.25) is 0 Å². The van der Waals surface area contributed by atoms with Gasteiger partial charge in [0.05, 0.1) is 30.1 Å². The number of imide groups is 1. The molecule has 9 nitrogen and oxygen atoms in total. The Morgan fingerprint density at radius 1 is 1.03 bits per heavy atom. The monoisotopic (exact) mass is 473 g/mol. The Bertz CT molecular complexity index is 1250. The average Bonchev–Trinajstić information content (AvgIpc) is 3.66. The highest BCUT2D eigenvalue weighted by Crippen LogP contribution is 2.65. The van der Waals surface area contributed by atoms with Crippen molar-refractivity contribution in [3.63, 3.8) is 0 Å². The van der Waals surface area contributed by atoms with Crippen LogP contribution in [0.15, 0.2) is 59.7 Å².